The third-order valence-corrected chi connectivity index (χ3v) is 0.920. The van der Waals surface area contributed by atoms with Crippen molar-refractivity contribution in [3.8, 4) is 0 Å². The van der Waals surface area contributed by atoms with Gasteiger partial charge in [-0.25, -0.2) is 0 Å². The molecule has 0 unspecified atom stereocenters. The molecule has 0 bridgehead atoms. The minimum absolute atomic E-state index is 0.568. The fourth-order valence-electron chi connectivity index (χ4n) is 0.381. The summed E-state index contributed by atoms with van der Waals surface area (Å²) < 4.78 is 0. The van der Waals surface area contributed by atoms with Crippen molar-refractivity contribution in [2.24, 2.45) is 0 Å². The summed E-state index contributed by atoms with van der Waals surface area (Å²) in [6.07, 6.45) is 1.90. The minimum Gasteiger partial charge on any atom is -0.350 e. The first kappa shape index (κ1) is 8.62. The first-order valence-corrected chi connectivity index (χ1v) is 2.95. The SMILES string of the molecule is C=CC(O)(O)NCCC. The van der Waals surface area contributed by atoms with E-state index >= 15 is 0 Å². The van der Waals surface area contributed by atoms with E-state index in [1.807, 2.05) is 6.92 Å². The standard InChI is InChI=1S/C6H13NO2/c1-3-5-7-6(8,9)4-2/h4,7-9H,2-3,5H2,1H3. The van der Waals surface area contributed by atoms with Gasteiger partial charge in [0.05, 0.1) is 0 Å². The van der Waals surface area contributed by atoms with Crippen LogP contribution in [0, 0.1) is 0 Å². The van der Waals surface area contributed by atoms with Crippen molar-refractivity contribution in [1.29, 1.82) is 0 Å². The van der Waals surface area contributed by atoms with Gasteiger partial charge in [-0.1, -0.05) is 13.5 Å². The van der Waals surface area contributed by atoms with Gasteiger partial charge in [-0.05, 0) is 12.5 Å². The maximum atomic E-state index is 8.78. The van der Waals surface area contributed by atoms with Crippen LogP contribution in [0.5, 0.6) is 0 Å². The fourth-order valence-corrected chi connectivity index (χ4v) is 0.381. The molecule has 0 heterocycles. The molecular weight excluding hydrogens is 118 g/mol. The summed E-state index contributed by atoms with van der Waals surface area (Å²) in [7, 11) is 0. The van der Waals surface area contributed by atoms with Crippen LogP contribution in [0.15, 0.2) is 12.7 Å². The normalized spacial score (nSPS) is 11.4. The molecule has 9 heavy (non-hydrogen) atoms. The van der Waals surface area contributed by atoms with Crippen LogP contribution in [0.1, 0.15) is 13.3 Å². The molecule has 0 aromatic carbocycles. The Morgan fingerprint density at radius 3 is 2.56 bits per heavy atom. The molecule has 0 radical (unpaired) electrons. The van der Waals surface area contributed by atoms with Gasteiger partial charge >= 0.3 is 0 Å². The van der Waals surface area contributed by atoms with E-state index in [2.05, 4.69) is 11.9 Å². The summed E-state index contributed by atoms with van der Waals surface area (Å²) in [6, 6.07) is 0. The molecule has 0 fully saturated rings. The highest BCUT2D eigenvalue weighted by molar-refractivity contribution is 4.82. The van der Waals surface area contributed by atoms with Crippen molar-refractivity contribution >= 4 is 0 Å². The van der Waals surface area contributed by atoms with Gasteiger partial charge in [-0.3, -0.25) is 5.32 Å². The molecule has 0 rings (SSSR count). The van der Waals surface area contributed by atoms with Crippen LogP contribution < -0.4 is 5.32 Å². The average molecular weight is 131 g/mol. The van der Waals surface area contributed by atoms with Gasteiger partial charge in [0.25, 0.3) is 0 Å². The molecule has 0 aromatic heterocycles. The highest BCUT2D eigenvalue weighted by Crippen LogP contribution is 1.92. The molecule has 0 aliphatic carbocycles. The third kappa shape index (κ3) is 4.14. The van der Waals surface area contributed by atoms with Crippen LogP contribution in [0.25, 0.3) is 0 Å². The average Bonchev–Trinajstić information content (AvgIpc) is 1.84. The molecule has 0 amide bonds. The second-order valence-corrected chi connectivity index (χ2v) is 1.86. The van der Waals surface area contributed by atoms with Crippen LogP contribution >= 0.6 is 0 Å². The number of rotatable bonds is 4. The zero-order valence-electron chi connectivity index (χ0n) is 5.59. The Morgan fingerprint density at radius 2 is 2.22 bits per heavy atom. The van der Waals surface area contributed by atoms with E-state index in [1.165, 1.54) is 0 Å². The lowest BCUT2D eigenvalue weighted by atomic mass is 10.4. The summed E-state index contributed by atoms with van der Waals surface area (Å²) in [4.78, 5) is 0. The van der Waals surface area contributed by atoms with Crippen molar-refractivity contribution in [2.45, 2.75) is 19.3 Å². The van der Waals surface area contributed by atoms with Crippen molar-refractivity contribution in [2.75, 3.05) is 6.54 Å². The number of hydrogen-bond donors (Lipinski definition) is 3. The topological polar surface area (TPSA) is 52.5 Å². The van der Waals surface area contributed by atoms with Gasteiger partial charge in [-0.2, -0.15) is 0 Å². The van der Waals surface area contributed by atoms with Crippen molar-refractivity contribution in [3.63, 3.8) is 0 Å². The lowest BCUT2D eigenvalue weighted by Gasteiger charge is -2.17. The van der Waals surface area contributed by atoms with Crippen LogP contribution in [0.2, 0.25) is 0 Å². The second-order valence-electron chi connectivity index (χ2n) is 1.86. The zero-order valence-corrected chi connectivity index (χ0v) is 5.59. The quantitative estimate of drug-likeness (QED) is 0.366. The summed E-state index contributed by atoms with van der Waals surface area (Å²) >= 11 is 0. The highest BCUT2D eigenvalue weighted by Gasteiger charge is 2.14. The summed E-state index contributed by atoms with van der Waals surface area (Å²) in [6.45, 7) is 5.73. The Labute approximate surface area is 55.0 Å². The first-order chi connectivity index (χ1) is 4.12. The third-order valence-electron chi connectivity index (χ3n) is 0.920. The van der Waals surface area contributed by atoms with Gasteiger partial charge < -0.3 is 10.2 Å². The van der Waals surface area contributed by atoms with Crippen LogP contribution in [0.3, 0.4) is 0 Å². The van der Waals surface area contributed by atoms with E-state index in [1.54, 1.807) is 0 Å². The molecule has 0 aliphatic rings. The van der Waals surface area contributed by atoms with Gasteiger partial charge in [-0.15, -0.1) is 0 Å². The minimum atomic E-state index is -1.89. The predicted molar refractivity (Wildman–Crippen MR) is 35.7 cm³/mol. The molecule has 54 valence electrons. The predicted octanol–water partition coefficient (Wildman–Crippen LogP) is -0.190. The molecule has 3 heteroatoms. The van der Waals surface area contributed by atoms with E-state index in [4.69, 9.17) is 10.2 Å². The Balaban J connectivity index is 3.45. The molecule has 3 N–H and O–H groups in total. The Hall–Kier alpha value is -0.380. The second kappa shape index (κ2) is 3.61. The van der Waals surface area contributed by atoms with Crippen molar-refractivity contribution in [3.05, 3.63) is 12.7 Å². The van der Waals surface area contributed by atoms with Crippen LogP contribution in [-0.2, 0) is 0 Å². The Kier molecular flexibility index (Phi) is 3.46. The van der Waals surface area contributed by atoms with Crippen molar-refractivity contribution in [1.82, 2.24) is 5.32 Å². The number of nitrogens with one attached hydrogen (secondary N) is 1. The van der Waals surface area contributed by atoms with Gasteiger partial charge in [0.15, 0.2) is 0 Å². The fraction of sp³-hybridized carbons (Fsp3) is 0.667. The molecule has 0 spiro atoms. The van der Waals surface area contributed by atoms with E-state index in [9.17, 15) is 0 Å². The molecule has 0 saturated heterocycles. The van der Waals surface area contributed by atoms with E-state index in [0.717, 1.165) is 12.5 Å². The highest BCUT2D eigenvalue weighted by atomic mass is 16.5. The maximum absolute atomic E-state index is 8.78. The Bertz CT molecular complexity index is 91.1. The molecule has 0 saturated carbocycles. The van der Waals surface area contributed by atoms with E-state index in [0.29, 0.717) is 6.54 Å². The Morgan fingerprint density at radius 1 is 1.67 bits per heavy atom. The van der Waals surface area contributed by atoms with Crippen molar-refractivity contribution < 1.29 is 10.2 Å². The monoisotopic (exact) mass is 131 g/mol. The lowest BCUT2D eigenvalue weighted by molar-refractivity contribution is -0.142. The van der Waals surface area contributed by atoms with Gasteiger partial charge in [0.1, 0.15) is 0 Å². The maximum Gasteiger partial charge on any atom is 0.243 e. The lowest BCUT2D eigenvalue weighted by Crippen LogP contribution is -2.43. The van der Waals surface area contributed by atoms with Gasteiger partial charge in [0, 0.05) is 6.54 Å². The largest absolute Gasteiger partial charge is 0.350 e. The van der Waals surface area contributed by atoms with Crippen LogP contribution in [0.4, 0.5) is 0 Å². The molecule has 3 nitrogen and oxygen atoms in total. The van der Waals surface area contributed by atoms with E-state index in [-0.39, 0.29) is 0 Å². The summed E-state index contributed by atoms with van der Waals surface area (Å²) in [5, 5.41) is 20.0. The molecule has 0 atom stereocenters. The van der Waals surface area contributed by atoms with E-state index < -0.39 is 5.91 Å². The summed E-state index contributed by atoms with van der Waals surface area (Å²) in [5.74, 6) is -1.89. The first-order valence-electron chi connectivity index (χ1n) is 2.95. The smallest absolute Gasteiger partial charge is 0.243 e. The van der Waals surface area contributed by atoms with Gasteiger partial charge in [0.2, 0.25) is 5.91 Å². The number of aliphatic hydroxyl groups is 2. The van der Waals surface area contributed by atoms with Crippen LogP contribution in [-0.4, -0.2) is 22.7 Å². The molecular formula is C6H13NO2. The summed E-state index contributed by atoms with van der Waals surface area (Å²) in [5.41, 5.74) is 0. The molecule has 0 aliphatic heterocycles. The number of hydrogen-bond acceptors (Lipinski definition) is 3. The zero-order chi connectivity index (χ0) is 7.33. The molecule has 0 aromatic rings.